The van der Waals surface area contributed by atoms with Crippen LogP contribution in [0.4, 0.5) is 5.82 Å². The van der Waals surface area contributed by atoms with E-state index in [1.54, 1.807) is 18.9 Å². The van der Waals surface area contributed by atoms with Crippen molar-refractivity contribution in [1.82, 2.24) is 10.3 Å². The van der Waals surface area contributed by atoms with Gasteiger partial charge in [-0.3, -0.25) is 4.79 Å². The molecule has 28 heavy (non-hydrogen) atoms. The molecular formula is C21H27N3O3S. The van der Waals surface area contributed by atoms with Gasteiger partial charge in [0.15, 0.2) is 0 Å². The van der Waals surface area contributed by atoms with Crippen LogP contribution in [-0.2, 0) is 11.3 Å². The van der Waals surface area contributed by atoms with Gasteiger partial charge < -0.3 is 19.7 Å². The lowest BCUT2D eigenvalue weighted by Crippen LogP contribution is -2.37. The van der Waals surface area contributed by atoms with E-state index in [2.05, 4.69) is 17.1 Å². The SMILES string of the molecule is CCSc1nc(N2CCOCC2)cc(C)c1C(=O)NCc1ccc(OC)cc1. The van der Waals surface area contributed by atoms with Crippen molar-refractivity contribution >= 4 is 23.5 Å². The number of hydrogen-bond acceptors (Lipinski definition) is 6. The van der Waals surface area contributed by atoms with Crippen molar-refractivity contribution in [3.63, 3.8) is 0 Å². The fourth-order valence-electron chi connectivity index (χ4n) is 3.11. The van der Waals surface area contributed by atoms with E-state index in [0.29, 0.717) is 25.3 Å². The topological polar surface area (TPSA) is 63.7 Å². The Balaban J connectivity index is 1.77. The normalized spacial score (nSPS) is 14.0. The highest BCUT2D eigenvalue weighted by molar-refractivity contribution is 7.99. The van der Waals surface area contributed by atoms with E-state index >= 15 is 0 Å². The molecule has 0 aliphatic carbocycles. The van der Waals surface area contributed by atoms with E-state index in [-0.39, 0.29) is 5.91 Å². The van der Waals surface area contributed by atoms with Crippen molar-refractivity contribution in [2.75, 3.05) is 44.1 Å². The fraction of sp³-hybridized carbons (Fsp3) is 0.429. The predicted octanol–water partition coefficient (Wildman–Crippen LogP) is 3.28. The number of carbonyl (C=O) groups excluding carboxylic acids is 1. The summed E-state index contributed by atoms with van der Waals surface area (Å²) in [7, 11) is 1.64. The predicted molar refractivity (Wildman–Crippen MR) is 113 cm³/mol. The molecule has 1 amide bonds. The second kappa shape index (κ2) is 9.80. The number of pyridine rings is 1. The van der Waals surface area contributed by atoms with Crippen LogP contribution in [0, 0.1) is 6.92 Å². The number of morpholine rings is 1. The van der Waals surface area contributed by atoms with Crippen molar-refractivity contribution in [3.8, 4) is 5.75 Å². The monoisotopic (exact) mass is 401 g/mol. The lowest BCUT2D eigenvalue weighted by Gasteiger charge is -2.28. The van der Waals surface area contributed by atoms with E-state index in [9.17, 15) is 4.79 Å². The van der Waals surface area contributed by atoms with Crippen LogP contribution < -0.4 is 15.0 Å². The molecule has 2 aromatic rings. The first-order valence-electron chi connectivity index (χ1n) is 9.50. The van der Waals surface area contributed by atoms with Gasteiger partial charge in [-0.05, 0) is 42.0 Å². The Labute approximate surface area is 170 Å². The molecule has 150 valence electrons. The minimum Gasteiger partial charge on any atom is -0.497 e. The van der Waals surface area contributed by atoms with Gasteiger partial charge in [0.05, 0.1) is 25.9 Å². The number of rotatable bonds is 7. The quantitative estimate of drug-likeness (QED) is 0.719. The molecule has 1 N–H and O–H groups in total. The molecule has 0 saturated carbocycles. The zero-order chi connectivity index (χ0) is 19.9. The Morgan fingerprint density at radius 2 is 2.00 bits per heavy atom. The van der Waals surface area contributed by atoms with Crippen molar-refractivity contribution in [1.29, 1.82) is 0 Å². The summed E-state index contributed by atoms with van der Waals surface area (Å²) in [6.07, 6.45) is 0. The molecule has 1 saturated heterocycles. The number of ether oxygens (including phenoxy) is 2. The first-order chi connectivity index (χ1) is 13.6. The van der Waals surface area contributed by atoms with Crippen LogP contribution in [0.5, 0.6) is 5.75 Å². The van der Waals surface area contributed by atoms with E-state index in [1.807, 2.05) is 37.3 Å². The maximum atomic E-state index is 12.9. The summed E-state index contributed by atoms with van der Waals surface area (Å²) in [5, 5.41) is 3.81. The lowest BCUT2D eigenvalue weighted by molar-refractivity contribution is 0.0946. The summed E-state index contributed by atoms with van der Waals surface area (Å²) in [6, 6.07) is 9.70. The van der Waals surface area contributed by atoms with Crippen LogP contribution in [-0.4, -0.2) is 50.1 Å². The fourth-order valence-corrected chi connectivity index (χ4v) is 3.94. The first-order valence-corrected chi connectivity index (χ1v) is 10.5. The molecule has 1 fully saturated rings. The number of methoxy groups -OCH3 is 1. The van der Waals surface area contributed by atoms with Crippen molar-refractivity contribution < 1.29 is 14.3 Å². The van der Waals surface area contributed by atoms with Crippen LogP contribution in [0.25, 0.3) is 0 Å². The third-order valence-electron chi connectivity index (χ3n) is 4.63. The molecule has 3 rings (SSSR count). The van der Waals surface area contributed by atoms with Gasteiger partial charge in [0.1, 0.15) is 16.6 Å². The maximum absolute atomic E-state index is 12.9. The summed E-state index contributed by atoms with van der Waals surface area (Å²) < 4.78 is 10.6. The van der Waals surface area contributed by atoms with Crippen molar-refractivity contribution in [3.05, 3.63) is 47.0 Å². The molecule has 1 aromatic heterocycles. The molecule has 1 aliphatic rings. The zero-order valence-corrected chi connectivity index (χ0v) is 17.5. The average molecular weight is 402 g/mol. The smallest absolute Gasteiger partial charge is 0.254 e. The molecule has 1 aromatic carbocycles. The Kier molecular flexibility index (Phi) is 7.17. The number of thioether (sulfide) groups is 1. The highest BCUT2D eigenvalue weighted by atomic mass is 32.2. The Morgan fingerprint density at radius 1 is 1.29 bits per heavy atom. The molecular weight excluding hydrogens is 374 g/mol. The number of aromatic nitrogens is 1. The number of carbonyl (C=O) groups is 1. The molecule has 6 nitrogen and oxygen atoms in total. The van der Waals surface area contributed by atoms with Gasteiger partial charge in [-0.25, -0.2) is 4.98 Å². The van der Waals surface area contributed by atoms with E-state index in [1.165, 1.54) is 0 Å². The lowest BCUT2D eigenvalue weighted by atomic mass is 10.1. The van der Waals surface area contributed by atoms with Crippen molar-refractivity contribution in [2.24, 2.45) is 0 Å². The zero-order valence-electron chi connectivity index (χ0n) is 16.7. The molecule has 1 aliphatic heterocycles. The maximum Gasteiger partial charge on any atom is 0.254 e. The van der Waals surface area contributed by atoms with Crippen LogP contribution in [0.2, 0.25) is 0 Å². The van der Waals surface area contributed by atoms with Gasteiger partial charge in [-0.1, -0.05) is 19.1 Å². The largest absolute Gasteiger partial charge is 0.497 e. The molecule has 0 atom stereocenters. The number of nitrogens with zero attached hydrogens (tertiary/aromatic N) is 2. The van der Waals surface area contributed by atoms with Crippen molar-refractivity contribution in [2.45, 2.75) is 25.4 Å². The molecule has 0 bridgehead atoms. The standard InChI is InChI=1S/C21H27N3O3S/c1-4-28-21-19(15(2)13-18(23-21)24-9-11-27-12-10-24)20(25)22-14-16-5-7-17(26-3)8-6-16/h5-8,13H,4,9-12,14H2,1-3H3,(H,22,25). The molecule has 2 heterocycles. The number of amides is 1. The number of benzene rings is 1. The first kappa shape index (κ1) is 20.5. The number of aryl methyl sites for hydroxylation is 1. The minimum absolute atomic E-state index is 0.0923. The minimum atomic E-state index is -0.0923. The van der Waals surface area contributed by atoms with Gasteiger partial charge in [0.25, 0.3) is 5.91 Å². The number of nitrogens with one attached hydrogen (secondary N) is 1. The van der Waals surface area contributed by atoms with E-state index in [4.69, 9.17) is 14.5 Å². The van der Waals surface area contributed by atoms with Crippen LogP contribution in [0.15, 0.2) is 35.4 Å². The molecule has 0 radical (unpaired) electrons. The Bertz CT molecular complexity index is 805. The summed E-state index contributed by atoms with van der Waals surface area (Å²) in [6.45, 7) is 7.58. The summed E-state index contributed by atoms with van der Waals surface area (Å²) in [5.74, 6) is 2.49. The highest BCUT2D eigenvalue weighted by Crippen LogP contribution is 2.28. The average Bonchev–Trinajstić information content (AvgIpc) is 2.73. The van der Waals surface area contributed by atoms with Crippen LogP contribution in [0.1, 0.15) is 28.4 Å². The van der Waals surface area contributed by atoms with E-state index in [0.717, 1.165) is 46.6 Å². The third kappa shape index (κ3) is 4.97. The highest BCUT2D eigenvalue weighted by Gasteiger charge is 2.20. The van der Waals surface area contributed by atoms with E-state index < -0.39 is 0 Å². The van der Waals surface area contributed by atoms with Gasteiger partial charge >= 0.3 is 0 Å². The van der Waals surface area contributed by atoms with Gasteiger partial charge in [0, 0.05) is 19.6 Å². The Morgan fingerprint density at radius 3 is 2.64 bits per heavy atom. The van der Waals surface area contributed by atoms with Crippen LogP contribution >= 0.6 is 11.8 Å². The molecule has 0 spiro atoms. The van der Waals surface area contributed by atoms with Gasteiger partial charge in [-0.2, -0.15) is 0 Å². The van der Waals surface area contributed by atoms with Gasteiger partial charge in [0.2, 0.25) is 0 Å². The second-order valence-electron chi connectivity index (χ2n) is 6.54. The second-order valence-corrected chi connectivity index (χ2v) is 7.79. The summed E-state index contributed by atoms with van der Waals surface area (Å²) in [4.78, 5) is 19.9. The molecule has 7 heteroatoms. The van der Waals surface area contributed by atoms with Crippen LogP contribution in [0.3, 0.4) is 0 Å². The van der Waals surface area contributed by atoms with Gasteiger partial charge in [-0.15, -0.1) is 11.8 Å². The summed E-state index contributed by atoms with van der Waals surface area (Å²) in [5.41, 5.74) is 2.63. The Hall–Kier alpha value is -2.25. The molecule has 0 unspecified atom stereocenters. The third-order valence-corrected chi connectivity index (χ3v) is 5.48. The number of anilines is 1. The summed E-state index contributed by atoms with van der Waals surface area (Å²) >= 11 is 1.60. The number of hydrogen-bond donors (Lipinski definition) is 1.